The number of piperidine rings is 1. The summed E-state index contributed by atoms with van der Waals surface area (Å²) >= 11 is 0. The molecule has 1 saturated heterocycles. The van der Waals surface area contributed by atoms with Crippen LogP contribution in [0, 0.1) is 0 Å². The van der Waals surface area contributed by atoms with Crippen molar-refractivity contribution in [2.75, 3.05) is 19.7 Å². The van der Waals surface area contributed by atoms with Crippen LogP contribution in [0.2, 0.25) is 0 Å². The first-order valence-corrected chi connectivity index (χ1v) is 8.14. The standard InChI is InChI=1S/C18H28N2O2.ClH/c1-18(2,3)14-7-9-16(10-8-14)22-13-17(21)20-11-5-4-6-15(20)12-19;/h7-10,15H,4-6,11-13,19H2,1-3H3;1H. The van der Waals surface area contributed by atoms with Gasteiger partial charge in [-0.15, -0.1) is 12.4 Å². The molecule has 130 valence electrons. The molecule has 0 spiro atoms. The molecule has 0 saturated carbocycles. The molecule has 0 aliphatic carbocycles. The van der Waals surface area contributed by atoms with Crippen LogP contribution in [0.3, 0.4) is 0 Å². The number of nitrogens with two attached hydrogens (primary N) is 1. The number of hydrogen-bond acceptors (Lipinski definition) is 3. The zero-order chi connectivity index (χ0) is 16.2. The Morgan fingerprint density at radius 3 is 2.48 bits per heavy atom. The molecule has 0 radical (unpaired) electrons. The number of carbonyl (C=O) groups is 1. The molecule has 1 amide bonds. The molecule has 23 heavy (non-hydrogen) atoms. The lowest BCUT2D eigenvalue weighted by Gasteiger charge is -2.34. The number of ether oxygens (including phenoxy) is 1. The van der Waals surface area contributed by atoms with Gasteiger partial charge in [-0.2, -0.15) is 0 Å². The number of hydrogen-bond donors (Lipinski definition) is 1. The highest BCUT2D eigenvalue weighted by molar-refractivity contribution is 5.85. The summed E-state index contributed by atoms with van der Waals surface area (Å²) in [4.78, 5) is 14.2. The summed E-state index contributed by atoms with van der Waals surface area (Å²) in [7, 11) is 0. The lowest BCUT2D eigenvalue weighted by atomic mass is 9.87. The Balaban J connectivity index is 0.00000264. The van der Waals surface area contributed by atoms with Gasteiger partial charge >= 0.3 is 0 Å². The molecule has 1 aliphatic rings. The Kier molecular flexibility index (Phi) is 7.36. The highest BCUT2D eigenvalue weighted by atomic mass is 35.5. The van der Waals surface area contributed by atoms with Crippen LogP contribution >= 0.6 is 12.4 Å². The molecule has 2 N–H and O–H groups in total. The summed E-state index contributed by atoms with van der Waals surface area (Å²) in [5, 5.41) is 0. The Morgan fingerprint density at radius 1 is 1.26 bits per heavy atom. The Labute approximate surface area is 145 Å². The lowest BCUT2D eigenvalue weighted by Crippen LogP contribution is -2.49. The molecule has 0 bridgehead atoms. The fourth-order valence-corrected chi connectivity index (χ4v) is 2.85. The van der Waals surface area contributed by atoms with Crippen molar-refractivity contribution in [2.24, 2.45) is 5.73 Å². The second-order valence-corrected chi connectivity index (χ2v) is 7.04. The first-order chi connectivity index (χ1) is 10.4. The van der Waals surface area contributed by atoms with Crippen LogP contribution < -0.4 is 10.5 Å². The van der Waals surface area contributed by atoms with Crippen molar-refractivity contribution in [1.29, 1.82) is 0 Å². The lowest BCUT2D eigenvalue weighted by molar-refractivity contribution is -0.136. The first-order valence-electron chi connectivity index (χ1n) is 8.14. The highest BCUT2D eigenvalue weighted by Gasteiger charge is 2.25. The molecular formula is C18H29ClN2O2. The normalized spacial score (nSPS) is 18.3. The SMILES string of the molecule is CC(C)(C)c1ccc(OCC(=O)N2CCCCC2CN)cc1.Cl. The molecular weight excluding hydrogens is 312 g/mol. The molecule has 1 fully saturated rings. The van der Waals surface area contributed by atoms with E-state index in [1.54, 1.807) is 0 Å². The predicted octanol–water partition coefficient (Wildman–Crippen LogP) is 3.12. The number of halogens is 1. The van der Waals surface area contributed by atoms with Gasteiger partial charge in [0.2, 0.25) is 0 Å². The Morgan fingerprint density at radius 2 is 1.91 bits per heavy atom. The number of amides is 1. The molecule has 0 aromatic heterocycles. The Hall–Kier alpha value is -1.26. The molecule has 1 aromatic carbocycles. The van der Waals surface area contributed by atoms with E-state index in [0.717, 1.165) is 31.6 Å². The maximum absolute atomic E-state index is 12.3. The van der Waals surface area contributed by atoms with Gasteiger partial charge in [0.1, 0.15) is 5.75 Å². The number of benzene rings is 1. The van der Waals surface area contributed by atoms with Crippen molar-refractivity contribution in [3.05, 3.63) is 29.8 Å². The molecule has 1 atom stereocenters. The topological polar surface area (TPSA) is 55.6 Å². The zero-order valence-corrected chi connectivity index (χ0v) is 15.2. The molecule has 1 aromatic rings. The molecule has 1 heterocycles. The average Bonchev–Trinajstić information content (AvgIpc) is 2.52. The molecule has 1 unspecified atom stereocenters. The van der Waals surface area contributed by atoms with Crippen molar-refractivity contribution >= 4 is 18.3 Å². The van der Waals surface area contributed by atoms with Crippen LogP contribution in [-0.2, 0) is 10.2 Å². The number of likely N-dealkylation sites (tertiary alicyclic amines) is 1. The van der Waals surface area contributed by atoms with Gasteiger partial charge in [-0.25, -0.2) is 0 Å². The summed E-state index contributed by atoms with van der Waals surface area (Å²) in [6.45, 7) is 7.95. The minimum atomic E-state index is 0. The van der Waals surface area contributed by atoms with E-state index in [0.29, 0.717) is 6.54 Å². The van der Waals surface area contributed by atoms with E-state index in [4.69, 9.17) is 10.5 Å². The van der Waals surface area contributed by atoms with E-state index < -0.39 is 0 Å². The third kappa shape index (κ3) is 5.40. The van der Waals surface area contributed by atoms with Crippen molar-refractivity contribution in [1.82, 2.24) is 4.90 Å². The smallest absolute Gasteiger partial charge is 0.260 e. The minimum absolute atomic E-state index is 0. The van der Waals surface area contributed by atoms with Crippen LogP contribution in [0.4, 0.5) is 0 Å². The van der Waals surface area contributed by atoms with Crippen molar-refractivity contribution in [2.45, 2.75) is 51.5 Å². The maximum atomic E-state index is 12.3. The van der Waals surface area contributed by atoms with Gasteiger partial charge in [0.05, 0.1) is 0 Å². The quantitative estimate of drug-likeness (QED) is 0.916. The van der Waals surface area contributed by atoms with E-state index >= 15 is 0 Å². The monoisotopic (exact) mass is 340 g/mol. The summed E-state index contributed by atoms with van der Waals surface area (Å²) in [6, 6.07) is 8.16. The largest absolute Gasteiger partial charge is 0.484 e. The first kappa shape index (κ1) is 19.8. The molecule has 1 aliphatic heterocycles. The van der Waals surface area contributed by atoms with Gasteiger partial charge in [0, 0.05) is 19.1 Å². The number of rotatable bonds is 4. The van der Waals surface area contributed by atoms with Crippen LogP contribution in [0.5, 0.6) is 5.75 Å². The molecule has 2 rings (SSSR count). The summed E-state index contributed by atoms with van der Waals surface area (Å²) in [6.07, 6.45) is 3.21. The molecule has 5 heteroatoms. The van der Waals surface area contributed by atoms with Gasteiger partial charge in [-0.1, -0.05) is 32.9 Å². The highest BCUT2D eigenvalue weighted by Crippen LogP contribution is 2.24. The van der Waals surface area contributed by atoms with E-state index in [1.807, 2.05) is 17.0 Å². The second kappa shape index (κ2) is 8.55. The van der Waals surface area contributed by atoms with Gasteiger partial charge in [-0.3, -0.25) is 4.79 Å². The number of carbonyl (C=O) groups excluding carboxylic acids is 1. The van der Waals surface area contributed by atoms with Gasteiger partial charge < -0.3 is 15.4 Å². The van der Waals surface area contributed by atoms with Crippen LogP contribution in [-0.4, -0.2) is 36.5 Å². The predicted molar refractivity (Wildman–Crippen MR) is 96.3 cm³/mol. The van der Waals surface area contributed by atoms with E-state index in [-0.39, 0.29) is 36.4 Å². The van der Waals surface area contributed by atoms with Crippen molar-refractivity contribution in [3.63, 3.8) is 0 Å². The van der Waals surface area contributed by atoms with Crippen molar-refractivity contribution < 1.29 is 9.53 Å². The third-order valence-electron chi connectivity index (χ3n) is 4.30. The van der Waals surface area contributed by atoms with Gasteiger partial charge in [0.15, 0.2) is 6.61 Å². The van der Waals surface area contributed by atoms with Gasteiger partial charge in [-0.05, 0) is 42.4 Å². The van der Waals surface area contributed by atoms with Crippen molar-refractivity contribution in [3.8, 4) is 5.75 Å². The maximum Gasteiger partial charge on any atom is 0.260 e. The van der Waals surface area contributed by atoms with Crippen LogP contribution in [0.1, 0.15) is 45.6 Å². The van der Waals surface area contributed by atoms with E-state index in [1.165, 1.54) is 5.56 Å². The average molecular weight is 341 g/mol. The summed E-state index contributed by atoms with van der Waals surface area (Å²) in [5.74, 6) is 0.776. The fraction of sp³-hybridized carbons (Fsp3) is 0.611. The minimum Gasteiger partial charge on any atom is -0.484 e. The third-order valence-corrected chi connectivity index (χ3v) is 4.30. The van der Waals surface area contributed by atoms with E-state index in [2.05, 4.69) is 32.9 Å². The summed E-state index contributed by atoms with van der Waals surface area (Å²) < 4.78 is 5.65. The number of nitrogens with zero attached hydrogens (tertiary/aromatic N) is 1. The zero-order valence-electron chi connectivity index (χ0n) is 14.4. The van der Waals surface area contributed by atoms with E-state index in [9.17, 15) is 4.79 Å². The van der Waals surface area contributed by atoms with Crippen LogP contribution in [0.25, 0.3) is 0 Å². The Bertz CT molecular complexity index is 497. The van der Waals surface area contributed by atoms with Gasteiger partial charge in [0.25, 0.3) is 5.91 Å². The van der Waals surface area contributed by atoms with Crippen LogP contribution in [0.15, 0.2) is 24.3 Å². The molecule has 4 nitrogen and oxygen atoms in total. The fourth-order valence-electron chi connectivity index (χ4n) is 2.85. The summed E-state index contributed by atoms with van der Waals surface area (Å²) in [5.41, 5.74) is 7.14. The second-order valence-electron chi connectivity index (χ2n) is 7.04.